The minimum absolute atomic E-state index is 0.700. The summed E-state index contributed by atoms with van der Waals surface area (Å²) < 4.78 is 0. The molecule has 0 aromatic heterocycles. The van der Waals surface area contributed by atoms with E-state index in [1.807, 2.05) is 13.1 Å². The van der Waals surface area contributed by atoms with Gasteiger partial charge in [0.25, 0.3) is 0 Å². The lowest BCUT2D eigenvalue weighted by atomic mass is 10.2. The molecule has 66 valence electrons. The van der Waals surface area contributed by atoms with Crippen LogP contribution < -0.4 is 0 Å². The van der Waals surface area contributed by atoms with E-state index in [4.69, 9.17) is 0 Å². The van der Waals surface area contributed by atoms with Crippen molar-refractivity contribution in [2.75, 3.05) is 26.7 Å². The number of hydrogen-bond acceptors (Lipinski definition) is 2. The van der Waals surface area contributed by atoms with Crippen molar-refractivity contribution in [1.29, 1.82) is 0 Å². The first-order valence-electron chi connectivity index (χ1n) is 4.00. The summed E-state index contributed by atoms with van der Waals surface area (Å²) >= 11 is 0. The van der Waals surface area contributed by atoms with Crippen LogP contribution in [0.2, 0.25) is 0 Å². The molecule has 0 aromatic carbocycles. The summed E-state index contributed by atoms with van der Waals surface area (Å²) in [6, 6.07) is 0. The molecule has 0 aromatic rings. The average Bonchev–Trinajstić information content (AvgIpc) is 2.09. The van der Waals surface area contributed by atoms with E-state index >= 15 is 0 Å². The number of carbonyl (C=O) groups excluding carboxylic acids is 1. The Balaban J connectivity index is 2.64. The Kier molecular flexibility index (Phi) is 2.91. The first-order chi connectivity index (χ1) is 5.77. The van der Waals surface area contributed by atoms with E-state index in [1.165, 1.54) is 0 Å². The van der Waals surface area contributed by atoms with Gasteiger partial charge in [0.15, 0.2) is 0 Å². The van der Waals surface area contributed by atoms with Gasteiger partial charge in [-0.2, -0.15) is 0 Å². The second-order valence-electron chi connectivity index (χ2n) is 2.89. The number of amides is 1. The average molecular weight is 166 g/mol. The van der Waals surface area contributed by atoms with Crippen molar-refractivity contribution in [3.8, 4) is 0 Å². The molecule has 1 fully saturated rings. The third-order valence-electron chi connectivity index (χ3n) is 2.04. The highest BCUT2D eigenvalue weighted by atomic mass is 16.1. The fourth-order valence-electron chi connectivity index (χ4n) is 1.24. The summed E-state index contributed by atoms with van der Waals surface area (Å²) in [5.74, 6) is 0. The smallest absolute Gasteiger partial charge is 0.210 e. The molecule has 3 heteroatoms. The van der Waals surface area contributed by atoms with Crippen molar-refractivity contribution in [3.63, 3.8) is 0 Å². The van der Waals surface area contributed by atoms with Gasteiger partial charge in [-0.05, 0) is 6.08 Å². The second-order valence-corrected chi connectivity index (χ2v) is 2.89. The maximum atomic E-state index is 10.5. The maximum Gasteiger partial charge on any atom is 0.210 e. The molecule has 3 nitrogen and oxygen atoms in total. The van der Waals surface area contributed by atoms with Crippen LogP contribution in [0.5, 0.6) is 0 Å². The van der Waals surface area contributed by atoms with Crippen LogP contribution in [0.25, 0.3) is 0 Å². The lowest BCUT2D eigenvalue weighted by Crippen LogP contribution is -2.42. The molecule has 1 amide bonds. The summed E-state index contributed by atoms with van der Waals surface area (Å²) in [7, 11) is 2.03. The molecule has 1 saturated heterocycles. The van der Waals surface area contributed by atoms with Crippen molar-refractivity contribution >= 4 is 6.41 Å². The number of rotatable bonds is 2. The Morgan fingerprint density at radius 3 is 2.83 bits per heavy atom. The predicted molar refractivity (Wildman–Crippen MR) is 48.5 cm³/mol. The Morgan fingerprint density at radius 2 is 2.25 bits per heavy atom. The van der Waals surface area contributed by atoms with Gasteiger partial charge >= 0.3 is 0 Å². The summed E-state index contributed by atoms with van der Waals surface area (Å²) in [4.78, 5) is 14.4. The molecular weight excluding hydrogens is 152 g/mol. The van der Waals surface area contributed by atoms with Crippen LogP contribution >= 0.6 is 0 Å². The third-order valence-corrected chi connectivity index (χ3v) is 2.04. The lowest BCUT2D eigenvalue weighted by molar-refractivity contribution is -0.118. The van der Waals surface area contributed by atoms with Crippen molar-refractivity contribution < 1.29 is 4.79 Å². The maximum absolute atomic E-state index is 10.5. The van der Waals surface area contributed by atoms with Crippen LogP contribution in [0.3, 0.4) is 0 Å². The van der Waals surface area contributed by atoms with E-state index in [0.29, 0.717) is 6.54 Å². The van der Waals surface area contributed by atoms with E-state index in [0.717, 1.165) is 25.2 Å². The molecule has 0 bridgehead atoms. The van der Waals surface area contributed by atoms with E-state index in [1.54, 1.807) is 11.0 Å². The number of hydrogen-bond donors (Lipinski definition) is 0. The van der Waals surface area contributed by atoms with Crippen LogP contribution in [-0.2, 0) is 4.79 Å². The number of likely N-dealkylation sites (N-methyl/N-ethyl adjacent to an activating group) is 1. The highest BCUT2D eigenvalue weighted by molar-refractivity contribution is 5.48. The Bertz CT molecular complexity index is 211. The fourth-order valence-corrected chi connectivity index (χ4v) is 1.24. The van der Waals surface area contributed by atoms with Crippen LogP contribution in [0.4, 0.5) is 0 Å². The first kappa shape index (κ1) is 8.84. The SMILES string of the molecule is C=CC=C1CN(C=O)CCN1C. The van der Waals surface area contributed by atoms with Crippen LogP contribution in [0.1, 0.15) is 0 Å². The molecule has 0 N–H and O–H groups in total. The molecule has 1 rings (SSSR count). The first-order valence-corrected chi connectivity index (χ1v) is 4.00. The molecule has 1 heterocycles. The standard InChI is InChI=1S/C9H14N2O/c1-3-4-9-7-11(8-12)6-5-10(9)2/h3-4,8H,1,5-7H2,2H3. The van der Waals surface area contributed by atoms with Gasteiger partial charge in [0.2, 0.25) is 6.41 Å². The van der Waals surface area contributed by atoms with Crippen LogP contribution in [0, 0.1) is 0 Å². The van der Waals surface area contributed by atoms with Gasteiger partial charge in [-0.1, -0.05) is 12.7 Å². The Labute approximate surface area is 73.0 Å². The van der Waals surface area contributed by atoms with Crippen molar-refractivity contribution in [2.45, 2.75) is 0 Å². The largest absolute Gasteiger partial charge is 0.375 e. The normalized spacial score (nSPS) is 21.2. The molecule has 12 heavy (non-hydrogen) atoms. The quantitative estimate of drug-likeness (QED) is 0.556. The zero-order valence-corrected chi connectivity index (χ0v) is 7.36. The summed E-state index contributed by atoms with van der Waals surface area (Å²) in [6.07, 6.45) is 4.58. The van der Waals surface area contributed by atoms with E-state index < -0.39 is 0 Å². The molecule has 0 aliphatic carbocycles. The van der Waals surface area contributed by atoms with Crippen LogP contribution in [-0.4, -0.2) is 42.9 Å². The van der Waals surface area contributed by atoms with Gasteiger partial charge in [-0.3, -0.25) is 4.79 Å². The molecule has 0 radical (unpaired) electrons. The predicted octanol–water partition coefficient (Wildman–Crippen LogP) is 0.460. The zero-order chi connectivity index (χ0) is 8.97. The highest BCUT2D eigenvalue weighted by Gasteiger charge is 2.15. The molecule has 0 atom stereocenters. The summed E-state index contributed by atoms with van der Waals surface area (Å²) in [6.45, 7) is 6.05. The third kappa shape index (κ3) is 1.87. The number of nitrogens with zero attached hydrogens (tertiary/aromatic N) is 2. The monoisotopic (exact) mass is 166 g/mol. The van der Waals surface area contributed by atoms with Gasteiger partial charge in [0.1, 0.15) is 0 Å². The summed E-state index contributed by atoms with van der Waals surface area (Å²) in [5, 5.41) is 0. The summed E-state index contributed by atoms with van der Waals surface area (Å²) in [5.41, 5.74) is 1.14. The highest BCUT2D eigenvalue weighted by Crippen LogP contribution is 2.09. The van der Waals surface area contributed by atoms with E-state index in [2.05, 4.69) is 11.5 Å². The molecule has 0 spiro atoms. The molecule has 0 saturated carbocycles. The van der Waals surface area contributed by atoms with Crippen molar-refractivity contribution in [2.24, 2.45) is 0 Å². The van der Waals surface area contributed by atoms with Crippen molar-refractivity contribution in [3.05, 3.63) is 24.4 Å². The van der Waals surface area contributed by atoms with Gasteiger partial charge in [-0.15, -0.1) is 0 Å². The van der Waals surface area contributed by atoms with E-state index in [9.17, 15) is 4.79 Å². The number of piperazine rings is 1. The van der Waals surface area contributed by atoms with Crippen LogP contribution in [0.15, 0.2) is 24.4 Å². The molecule has 1 aliphatic rings. The Morgan fingerprint density at radius 1 is 1.50 bits per heavy atom. The van der Waals surface area contributed by atoms with Crippen molar-refractivity contribution in [1.82, 2.24) is 9.80 Å². The van der Waals surface area contributed by atoms with Gasteiger partial charge in [0.05, 0.1) is 6.54 Å². The number of carbonyl (C=O) groups is 1. The Hall–Kier alpha value is -1.25. The second kappa shape index (κ2) is 3.95. The van der Waals surface area contributed by atoms with Gasteiger partial charge in [-0.25, -0.2) is 0 Å². The minimum atomic E-state index is 0.700. The van der Waals surface area contributed by atoms with E-state index in [-0.39, 0.29) is 0 Å². The molecule has 1 aliphatic heterocycles. The molecular formula is C9H14N2O. The fraction of sp³-hybridized carbons (Fsp3) is 0.444. The lowest BCUT2D eigenvalue weighted by Gasteiger charge is -2.33. The topological polar surface area (TPSA) is 23.6 Å². The number of allylic oxidation sites excluding steroid dienone is 2. The molecule has 0 unspecified atom stereocenters. The van der Waals surface area contributed by atoms with Gasteiger partial charge in [0, 0.05) is 25.8 Å². The van der Waals surface area contributed by atoms with Gasteiger partial charge < -0.3 is 9.80 Å². The minimum Gasteiger partial charge on any atom is -0.375 e. The zero-order valence-electron chi connectivity index (χ0n) is 7.36.